The fraction of sp³-hybridized carbons (Fsp3) is 0.429. The standard InChI is InChI=1S/C14H19BrN6O3S/c1-21-14(18-19-20-21)25-4-3-17-7-9-5-10(15)13(11(6-9)23-2)24-8-12(16)22/h5-6,17H,3-4,7-8H2,1-2H3,(H2,16,22). The van der Waals surface area contributed by atoms with E-state index in [1.54, 1.807) is 30.6 Å². The predicted octanol–water partition coefficient (Wildman–Crippen LogP) is 0.727. The molecule has 0 radical (unpaired) electrons. The lowest BCUT2D eigenvalue weighted by molar-refractivity contribution is -0.119. The summed E-state index contributed by atoms with van der Waals surface area (Å²) in [5, 5.41) is 15.4. The molecule has 1 heterocycles. The van der Waals surface area contributed by atoms with Crippen LogP contribution in [0.25, 0.3) is 0 Å². The second-order valence-corrected chi connectivity index (χ2v) is 6.89. The highest BCUT2D eigenvalue weighted by Gasteiger charge is 2.12. The summed E-state index contributed by atoms with van der Waals surface area (Å²) in [6.07, 6.45) is 0. The van der Waals surface area contributed by atoms with Gasteiger partial charge in [0.2, 0.25) is 5.16 Å². The van der Waals surface area contributed by atoms with Crippen LogP contribution in [0.5, 0.6) is 11.5 Å². The number of nitrogens with zero attached hydrogens (tertiary/aromatic N) is 4. The normalized spacial score (nSPS) is 10.7. The summed E-state index contributed by atoms with van der Waals surface area (Å²) in [5.41, 5.74) is 6.12. The molecule has 2 rings (SSSR count). The molecule has 2 aromatic rings. The summed E-state index contributed by atoms with van der Waals surface area (Å²) in [7, 11) is 3.35. The highest BCUT2D eigenvalue weighted by molar-refractivity contribution is 9.10. The van der Waals surface area contributed by atoms with E-state index in [4.69, 9.17) is 15.2 Å². The van der Waals surface area contributed by atoms with Crippen molar-refractivity contribution < 1.29 is 14.3 Å². The van der Waals surface area contributed by atoms with Crippen molar-refractivity contribution in [1.82, 2.24) is 25.5 Å². The summed E-state index contributed by atoms with van der Waals surface area (Å²) in [6.45, 7) is 1.24. The number of halogens is 1. The molecule has 1 amide bonds. The van der Waals surface area contributed by atoms with Crippen molar-refractivity contribution in [3.63, 3.8) is 0 Å². The molecule has 3 N–H and O–H groups in total. The van der Waals surface area contributed by atoms with E-state index in [2.05, 4.69) is 36.8 Å². The molecule has 0 atom stereocenters. The van der Waals surface area contributed by atoms with Crippen molar-refractivity contribution in [2.24, 2.45) is 12.8 Å². The molecular weight excluding hydrogens is 412 g/mol. The number of amides is 1. The number of hydrogen-bond acceptors (Lipinski definition) is 8. The van der Waals surface area contributed by atoms with Crippen molar-refractivity contribution in [1.29, 1.82) is 0 Å². The van der Waals surface area contributed by atoms with E-state index >= 15 is 0 Å². The van der Waals surface area contributed by atoms with E-state index in [0.29, 0.717) is 22.5 Å². The first-order valence-corrected chi connectivity index (χ1v) is 9.12. The number of aryl methyl sites for hydroxylation is 1. The van der Waals surface area contributed by atoms with Crippen molar-refractivity contribution in [3.05, 3.63) is 22.2 Å². The number of rotatable bonds is 10. The van der Waals surface area contributed by atoms with Crippen LogP contribution in [0, 0.1) is 0 Å². The summed E-state index contributed by atoms with van der Waals surface area (Å²) in [5.74, 6) is 1.28. The van der Waals surface area contributed by atoms with Crippen molar-refractivity contribution in [3.8, 4) is 11.5 Å². The Balaban J connectivity index is 1.86. The third kappa shape index (κ3) is 5.87. The van der Waals surface area contributed by atoms with Crippen LogP contribution < -0.4 is 20.5 Å². The molecule has 0 aliphatic heterocycles. The van der Waals surface area contributed by atoms with E-state index < -0.39 is 5.91 Å². The lowest BCUT2D eigenvalue weighted by Crippen LogP contribution is -2.20. The molecule has 0 saturated heterocycles. The summed E-state index contributed by atoms with van der Waals surface area (Å²) in [6, 6.07) is 3.76. The molecule has 0 aliphatic rings. The molecule has 136 valence electrons. The zero-order valence-corrected chi connectivity index (χ0v) is 16.3. The lowest BCUT2D eigenvalue weighted by atomic mass is 10.2. The van der Waals surface area contributed by atoms with Gasteiger partial charge in [0.1, 0.15) is 0 Å². The molecule has 1 aromatic heterocycles. The van der Waals surface area contributed by atoms with Gasteiger partial charge >= 0.3 is 0 Å². The number of ether oxygens (including phenoxy) is 2. The minimum absolute atomic E-state index is 0.208. The molecule has 0 fully saturated rings. The van der Waals surface area contributed by atoms with Crippen LogP contribution in [0.1, 0.15) is 5.56 Å². The third-order valence-electron chi connectivity index (χ3n) is 3.07. The van der Waals surface area contributed by atoms with Crippen molar-refractivity contribution >= 4 is 33.6 Å². The van der Waals surface area contributed by atoms with E-state index in [1.807, 2.05) is 12.1 Å². The number of thioether (sulfide) groups is 1. The fourth-order valence-electron chi connectivity index (χ4n) is 1.95. The lowest BCUT2D eigenvalue weighted by Gasteiger charge is -2.14. The number of benzene rings is 1. The second kappa shape index (κ2) is 9.59. The summed E-state index contributed by atoms with van der Waals surface area (Å²) < 4.78 is 13.0. The molecule has 0 unspecified atom stereocenters. The number of nitrogens with one attached hydrogen (secondary N) is 1. The fourth-order valence-corrected chi connectivity index (χ4v) is 3.30. The Labute approximate surface area is 157 Å². The number of carbonyl (C=O) groups is 1. The number of tetrazole rings is 1. The maximum absolute atomic E-state index is 10.9. The monoisotopic (exact) mass is 430 g/mol. The smallest absolute Gasteiger partial charge is 0.255 e. The van der Waals surface area contributed by atoms with Crippen LogP contribution in [0.2, 0.25) is 0 Å². The molecule has 1 aromatic carbocycles. The third-order valence-corrected chi connectivity index (χ3v) is 4.67. The van der Waals surface area contributed by atoms with Gasteiger partial charge in [-0.15, -0.1) is 5.10 Å². The quantitative estimate of drug-likeness (QED) is 0.418. The van der Waals surface area contributed by atoms with Gasteiger partial charge in [-0.1, -0.05) is 11.8 Å². The average molecular weight is 431 g/mol. The predicted molar refractivity (Wildman–Crippen MR) is 96.6 cm³/mol. The SMILES string of the molecule is COc1cc(CNCCSc2nnnn2C)cc(Br)c1OCC(N)=O. The Hall–Kier alpha value is -1.85. The molecule has 0 saturated carbocycles. The van der Waals surface area contributed by atoms with Crippen LogP contribution in [0.3, 0.4) is 0 Å². The number of nitrogens with two attached hydrogens (primary N) is 1. The number of aromatic nitrogens is 4. The number of methoxy groups -OCH3 is 1. The molecule has 25 heavy (non-hydrogen) atoms. The van der Waals surface area contributed by atoms with Gasteiger partial charge in [-0.3, -0.25) is 4.79 Å². The topological polar surface area (TPSA) is 117 Å². The van der Waals surface area contributed by atoms with Gasteiger partial charge in [-0.2, -0.15) is 0 Å². The van der Waals surface area contributed by atoms with Gasteiger partial charge in [0.25, 0.3) is 5.91 Å². The van der Waals surface area contributed by atoms with Crippen molar-refractivity contribution in [2.45, 2.75) is 11.7 Å². The van der Waals surface area contributed by atoms with Crippen LogP contribution in [0.15, 0.2) is 21.8 Å². The van der Waals surface area contributed by atoms with E-state index in [-0.39, 0.29) is 6.61 Å². The van der Waals surface area contributed by atoms with Gasteiger partial charge in [0.15, 0.2) is 18.1 Å². The van der Waals surface area contributed by atoms with E-state index in [0.717, 1.165) is 23.0 Å². The minimum Gasteiger partial charge on any atom is -0.493 e. The average Bonchev–Trinajstić information content (AvgIpc) is 2.98. The molecule has 9 nitrogen and oxygen atoms in total. The van der Waals surface area contributed by atoms with Crippen LogP contribution in [-0.2, 0) is 18.4 Å². The molecule has 0 aliphatic carbocycles. The maximum atomic E-state index is 10.9. The van der Waals surface area contributed by atoms with Crippen molar-refractivity contribution in [2.75, 3.05) is 26.0 Å². The zero-order chi connectivity index (χ0) is 18.2. The summed E-state index contributed by atoms with van der Waals surface area (Å²) in [4.78, 5) is 10.9. The highest BCUT2D eigenvalue weighted by atomic mass is 79.9. The van der Waals surface area contributed by atoms with Gasteiger partial charge in [-0.05, 0) is 44.1 Å². The zero-order valence-electron chi connectivity index (χ0n) is 13.9. The van der Waals surface area contributed by atoms with Crippen LogP contribution in [0.4, 0.5) is 0 Å². The summed E-state index contributed by atoms with van der Waals surface area (Å²) >= 11 is 5.01. The minimum atomic E-state index is -0.546. The van der Waals surface area contributed by atoms with E-state index in [1.165, 1.54) is 0 Å². The number of hydrogen-bond donors (Lipinski definition) is 2. The first kappa shape index (κ1) is 19.5. The first-order valence-electron chi connectivity index (χ1n) is 7.34. The Morgan fingerprint density at radius 3 is 2.92 bits per heavy atom. The molecule has 11 heteroatoms. The maximum Gasteiger partial charge on any atom is 0.255 e. The van der Waals surface area contributed by atoms with Gasteiger partial charge in [0, 0.05) is 25.9 Å². The highest BCUT2D eigenvalue weighted by Crippen LogP contribution is 2.36. The van der Waals surface area contributed by atoms with Gasteiger partial charge in [0.05, 0.1) is 11.6 Å². The number of carbonyl (C=O) groups excluding carboxylic acids is 1. The Morgan fingerprint density at radius 1 is 1.48 bits per heavy atom. The largest absolute Gasteiger partial charge is 0.493 e. The van der Waals surface area contributed by atoms with Gasteiger partial charge in [-0.25, -0.2) is 4.68 Å². The first-order chi connectivity index (χ1) is 12.0. The second-order valence-electron chi connectivity index (χ2n) is 4.97. The van der Waals surface area contributed by atoms with E-state index in [9.17, 15) is 4.79 Å². The Kier molecular flexibility index (Phi) is 7.47. The van der Waals surface area contributed by atoms with Crippen LogP contribution in [-0.4, -0.2) is 52.1 Å². The van der Waals surface area contributed by atoms with Gasteiger partial charge < -0.3 is 20.5 Å². The Bertz CT molecular complexity index is 727. The van der Waals surface area contributed by atoms with Crippen LogP contribution >= 0.6 is 27.7 Å². The molecule has 0 spiro atoms. The Morgan fingerprint density at radius 2 is 2.28 bits per heavy atom. The number of primary amides is 1. The molecule has 0 bridgehead atoms. The molecular formula is C14H19BrN6O3S.